The number of benzene rings is 1. The standard InChI is InChI=1S/C14H22O2/c1-3-14(12-15,10-7-11-16-2)13-8-5-4-6-9-13/h4-6,8-9,15H,3,7,10-12H2,1-2H3. The number of ether oxygens (including phenoxy) is 1. The smallest absolute Gasteiger partial charge is 0.0527 e. The lowest BCUT2D eigenvalue weighted by Gasteiger charge is -2.31. The Bertz CT molecular complexity index is 278. The zero-order valence-electron chi connectivity index (χ0n) is 10.3. The number of rotatable bonds is 7. The molecule has 0 spiro atoms. The van der Waals surface area contributed by atoms with Gasteiger partial charge in [0, 0.05) is 19.1 Å². The molecule has 90 valence electrons. The predicted molar refractivity (Wildman–Crippen MR) is 66.6 cm³/mol. The van der Waals surface area contributed by atoms with Crippen LogP contribution in [0.5, 0.6) is 0 Å². The third-order valence-electron chi connectivity index (χ3n) is 3.37. The van der Waals surface area contributed by atoms with Gasteiger partial charge in [0.25, 0.3) is 0 Å². The molecule has 0 saturated heterocycles. The summed E-state index contributed by atoms with van der Waals surface area (Å²) < 4.78 is 5.08. The highest BCUT2D eigenvalue weighted by atomic mass is 16.5. The molecule has 0 amide bonds. The van der Waals surface area contributed by atoms with Crippen molar-refractivity contribution in [2.24, 2.45) is 0 Å². The molecule has 1 rings (SSSR count). The van der Waals surface area contributed by atoms with E-state index in [0.29, 0.717) is 0 Å². The molecule has 2 heteroatoms. The van der Waals surface area contributed by atoms with Gasteiger partial charge in [0.15, 0.2) is 0 Å². The number of aliphatic hydroxyl groups is 1. The van der Waals surface area contributed by atoms with Crippen molar-refractivity contribution < 1.29 is 9.84 Å². The summed E-state index contributed by atoms with van der Waals surface area (Å²) in [6.45, 7) is 3.10. The summed E-state index contributed by atoms with van der Waals surface area (Å²) in [6, 6.07) is 10.3. The zero-order chi connectivity index (χ0) is 11.9. The van der Waals surface area contributed by atoms with Crippen LogP contribution in [-0.4, -0.2) is 25.4 Å². The second-order valence-electron chi connectivity index (χ2n) is 4.25. The summed E-state index contributed by atoms with van der Waals surface area (Å²) >= 11 is 0. The lowest BCUT2D eigenvalue weighted by molar-refractivity contribution is 0.147. The molecule has 2 nitrogen and oxygen atoms in total. The first-order chi connectivity index (χ1) is 7.79. The van der Waals surface area contributed by atoms with Crippen molar-refractivity contribution in [3.05, 3.63) is 35.9 Å². The van der Waals surface area contributed by atoms with Gasteiger partial charge in [-0.2, -0.15) is 0 Å². The number of aliphatic hydroxyl groups excluding tert-OH is 1. The molecule has 1 aromatic rings. The molecule has 1 unspecified atom stereocenters. The first-order valence-electron chi connectivity index (χ1n) is 5.94. The minimum absolute atomic E-state index is 0.0974. The van der Waals surface area contributed by atoms with Crippen LogP contribution < -0.4 is 0 Å². The van der Waals surface area contributed by atoms with E-state index in [1.165, 1.54) is 5.56 Å². The van der Waals surface area contributed by atoms with E-state index in [1.54, 1.807) is 7.11 Å². The molecule has 0 aliphatic heterocycles. The Hall–Kier alpha value is -0.860. The molecule has 0 fully saturated rings. The lowest BCUT2D eigenvalue weighted by atomic mass is 9.75. The van der Waals surface area contributed by atoms with Crippen molar-refractivity contribution >= 4 is 0 Å². The first kappa shape index (κ1) is 13.2. The Balaban J connectivity index is 2.79. The van der Waals surface area contributed by atoms with Crippen LogP contribution in [0, 0.1) is 0 Å². The van der Waals surface area contributed by atoms with Crippen molar-refractivity contribution in [3.63, 3.8) is 0 Å². The minimum atomic E-state index is -0.0974. The normalized spacial score (nSPS) is 14.7. The summed E-state index contributed by atoms with van der Waals surface area (Å²) in [4.78, 5) is 0. The van der Waals surface area contributed by atoms with Gasteiger partial charge in [0.2, 0.25) is 0 Å². The fraction of sp³-hybridized carbons (Fsp3) is 0.571. The van der Waals surface area contributed by atoms with Crippen LogP contribution in [0.2, 0.25) is 0 Å². The van der Waals surface area contributed by atoms with Crippen LogP contribution in [0.25, 0.3) is 0 Å². The van der Waals surface area contributed by atoms with E-state index in [4.69, 9.17) is 4.74 Å². The molecule has 0 bridgehead atoms. The number of methoxy groups -OCH3 is 1. The van der Waals surface area contributed by atoms with E-state index in [1.807, 2.05) is 18.2 Å². The largest absolute Gasteiger partial charge is 0.395 e. The Kier molecular flexibility index (Phi) is 5.50. The molecule has 0 radical (unpaired) electrons. The van der Waals surface area contributed by atoms with Crippen LogP contribution in [-0.2, 0) is 10.2 Å². The molecular weight excluding hydrogens is 200 g/mol. The SMILES string of the molecule is CCC(CO)(CCCOC)c1ccccc1. The lowest BCUT2D eigenvalue weighted by Crippen LogP contribution is -2.30. The summed E-state index contributed by atoms with van der Waals surface area (Å²) in [5, 5.41) is 9.69. The molecule has 1 N–H and O–H groups in total. The highest BCUT2D eigenvalue weighted by Gasteiger charge is 2.28. The average molecular weight is 222 g/mol. The zero-order valence-corrected chi connectivity index (χ0v) is 10.3. The van der Waals surface area contributed by atoms with Crippen LogP contribution in [0.1, 0.15) is 31.7 Å². The van der Waals surface area contributed by atoms with Gasteiger partial charge in [0.05, 0.1) is 6.61 Å². The summed E-state index contributed by atoms with van der Waals surface area (Å²) in [5.41, 5.74) is 1.14. The molecule has 0 saturated carbocycles. The van der Waals surface area contributed by atoms with Gasteiger partial charge in [-0.1, -0.05) is 37.3 Å². The molecule has 0 heterocycles. The average Bonchev–Trinajstić information content (AvgIpc) is 2.36. The van der Waals surface area contributed by atoms with Crippen LogP contribution >= 0.6 is 0 Å². The van der Waals surface area contributed by atoms with Crippen LogP contribution in [0.15, 0.2) is 30.3 Å². The molecule has 16 heavy (non-hydrogen) atoms. The van der Waals surface area contributed by atoms with Crippen molar-refractivity contribution in [1.82, 2.24) is 0 Å². The van der Waals surface area contributed by atoms with E-state index < -0.39 is 0 Å². The highest BCUT2D eigenvalue weighted by Crippen LogP contribution is 2.32. The van der Waals surface area contributed by atoms with E-state index in [-0.39, 0.29) is 12.0 Å². The number of hydrogen-bond donors (Lipinski definition) is 1. The van der Waals surface area contributed by atoms with Crippen LogP contribution in [0.3, 0.4) is 0 Å². The Labute approximate surface area is 98.3 Å². The molecule has 0 aliphatic carbocycles. The minimum Gasteiger partial charge on any atom is -0.395 e. The van der Waals surface area contributed by atoms with Gasteiger partial charge in [0.1, 0.15) is 0 Å². The fourth-order valence-corrected chi connectivity index (χ4v) is 2.15. The van der Waals surface area contributed by atoms with Gasteiger partial charge in [-0.25, -0.2) is 0 Å². The Morgan fingerprint density at radius 3 is 2.44 bits per heavy atom. The van der Waals surface area contributed by atoms with Gasteiger partial charge >= 0.3 is 0 Å². The molecule has 1 atom stereocenters. The fourth-order valence-electron chi connectivity index (χ4n) is 2.15. The van der Waals surface area contributed by atoms with Crippen molar-refractivity contribution in [2.75, 3.05) is 20.3 Å². The third-order valence-corrected chi connectivity index (χ3v) is 3.37. The van der Waals surface area contributed by atoms with Gasteiger partial charge in [-0.15, -0.1) is 0 Å². The predicted octanol–water partition coefficient (Wildman–Crippen LogP) is 2.75. The monoisotopic (exact) mass is 222 g/mol. The summed E-state index contributed by atoms with van der Waals surface area (Å²) in [5.74, 6) is 0. The maximum Gasteiger partial charge on any atom is 0.0527 e. The summed E-state index contributed by atoms with van der Waals surface area (Å²) in [6.07, 6.45) is 2.91. The van der Waals surface area contributed by atoms with Crippen molar-refractivity contribution in [3.8, 4) is 0 Å². The van der Waals surface area contributed by atoms with Crippen molar-refractivity contribution in [1.29, 1.82) is 0 Å². The maximum absolute atomic E-state index is 9.69. The third kappa shape index (κ3) is 3.06. The summed E-state index contributed by atoms with van der Waals surface area (Å²) in [7, 11) is 1.72. The highest BCUT2D eigenvalue weighted by molar-refractivity contribution is 5.25. The van der Waals surface area contributed by atoms with Gasteiger partial charge in [-0.3, -0.25) is 0 Å². The van der Waals surface area contributed by atoms with E-state index >= 15 is 0 Å². The second kappa shape index (κ2) is 6.66. The molecular formula is C14H22O2. The maximum atomic E-state index is 9.69. The van der Waals surface area contributed by atoms with Gasteiger partial charge < -0.3 is 9.84 Å². The molecule has 0 aliphatic rings. The first-order valence-corrected chi connectivity index (χ1v) is 5.94. The molecule has 0 aromatic heterocycles. The number of hydrogen-bond acceptors (Lipinski definition) is 2. The quantitative estimate of drug-likeness (QED) is 0.719. The van der Waals surface area contributed by atoms with Gasteiger partial charge in [-0.05, 0) is 24.8 Å². The van der Waals surface area contributed by atoms with Crippen molar-refractivity contribution in [2.45, 2.75) is 31.6 Å². The topological polar surface area (TPSA) is 29.5 Å². The Morgan fingerprint density at radius 1 is 1.25 bits per heavy atom. The van der Waals surface area contributed by atoms with E-state index in [2.05, 4.69) is 19.1 Å². The van der Waals surface area contributed by atoms with E-state index in [9.17, 15) is 5.11 Å². The molecule has 1 aromatic carbocycles. The second-order valence-corrected chi connectivity index (χ2v) is 4.25. The van der Waals surface area contributed by atoms with E-state index in [0.717, 1.165) is 25.9 Å². The Morgan fingerprint density at radius 2 is 1.94 bits per heavy atom. The van der Waals surface area contributed by atoms with Crippen LogP contribution in [0.4, 0.5) is 0 Å².